The molecule has 0 aliphatic carbocycles. The van der Waals surface area contributed by atoms with Gasteiger partial charge in [-0.25, -0.2) is 0 Å². The fourth-order valence-corrected chi connectivity index (χ4v) is 3.76. The largest absolute Gasteiger partial charge is 0.465 e. The molecule has 4 rings (SSSR count). The molecule has 0 radical (unpaired) electrons. The van der Waals surface area contributed by atoms with Crippen molar-refractivity contribution in [2.45, 2.75) is 12.8 Å². The number of furan rings is 2. The molecule has 0 aliphatic rings. The van der Waals surface area contributed by atoms with Crippen molar-refractivity contribution in [2.75, 3.05) is 13.1 Å². The van der Waals surface area contributed by atoms with Gasteiger partial charge in [0.25, 0.3) is 23.6 Å². The maximum absolute atomic E-state index is 12.9. The molecule has 0 saturated carbocycles. The van der Waals surface area contributed by atoms with E-state index in [0.717, 1.165) is 0 Å². The molecule has 0 fully saturated rings. The number of amides is 4. The van der Waals surface area contributed by atoms with E-state index in [2.05, 4.69) is 21.3 Å². The second-order valence-corrected chi connectivity index (χ2v) is 9.01. The molecule has 42 heavy (non-hydrogen) atoms. The number of unbranched alkanes of at least 4 members (excludes halogenated alkanes) is 1. The summed E-state index contributed by atoms with van der Waals surface area (Å²) in [5.74, 6) is -0.991. The van der Waals surface area contributed by atoms with Crippen LogP contribution in [0.1, 0.15) is 45.1 Å². The minimum absolute atomic E-state index is 0.0361. The van der Waals surface area contributed by atoms with Crippen LogP contribution in [-0.4, -0.2) is 36.7 Å². The molecule has 4 N–H and O–H groups in total. The first-order valence-electron chi connectivity index (χ1n) is 13.3. The Kier molecular flexibility index (Phi) is 10.6. The lowest BCUT2D eigenvalue weighted by molar-refractivity contribution is -0.118. The summed E-state index contributed by atoms with van der Waals surface area (Å²) in [4.78, 5) is 51.0. The second-order valence-electron chi connectivity index (χ2n) is 9.01. The lowest BCUT2D eigenvalue weighted by Gasteiger charge is -2.12. The van der Waals surface area contributed by atoms with Gasteiger partial charge >= 0.3 is 0 Å². The number of carbonyl (C=O) groups is 4. The first-order valence-corrected chi connectivity index (χ1v) is 13.3. The summed E-state index contributed by atoms with van der Waals surface area (Å²) in [5, 5.41) is 10.8. The van der Waals surface area contributed by atoms with Crippen molar-refractivity contribution in [3.8, 4) is 0 Å². The van der Waals surface area contributed by atoms with E-state index in [-0.39, 0.29) is 11.4 Å². The Labute approximate surface area is 242 Å². The lowest BCUT2D eigenvalue weighted by Crippen LogP contribution is -2.36. The van der Waals surface area contributed by atoms with Crippen molar-refractivity contribution in [3.63, 3.8) is 0 Å². The van der Waals surface area contributed by atoms with E-state index in [0.29, 0.717) is 48.6 Å². The van der Waals surface area contributed by atoms with Crippen LogP contribution < -0.4 is 21.3 Å². The molecular formula is C32H30N4O6. The van der Waals surface area contributed by atoms with Crippen LogP contribution in [0, 0.1) is 0 Å². The van der Waals surface area contributed by atoms with Gasteiger partial charge in [-0.1, -0.05) is 36.4 Å². The molecule has 0 saturated heterocycles. The molecule has 2 aromatic heterocycles. The van der Waals surface area contributed by atoms with E-state index < -0.39 is 23.6 Å². The summed E-state index contributed by atoms with van der Waals surface area (Å²) in [5.41, 5.74) is 0.890. The standard InChI is InChI=1S/C32H30N4O6/c37-29(23-11-3-1-4-12-23)35-27(21-25-15-9-19-41-25)31(39)33-17-7-8-18-34-32(40)28(22-26-16-10-20-42-26)36-30(38)24-13-5-2-6-14-24/h1-6,9-16,19-22H,7-8,17-18H2,(H,33,39)(H,34,40)(H,35,37)(H,36,38). The molecule has 2 heterocycles. The van der Waals surface area contributed by atoms with Gasteiger partial charge < -0.3 is 30.1 Å². The highest BCUT2D eigenvalue weighted by molar-refractivity contribution is 6.06. The number of hydrogen-bond acceptors (Lipinski definition) is 6. The Morgan fingerprint density at radius 2 is 0.952 bits per heavy atom. The highest BCUT2D eigenvalue weighted by Gasteiger charge is 2.16. The smallest absolute Gasteiger partial charge is 0.267 e. The van der Waals surface area contributed by atoms with Gasteiger partial charge in [-0.15, -0.1) is 0 Å². The molecule has 10 nitrogen and oxygen atoms in total. The number of nitrogens with one attached hydrogen (secondary N) is 4. The summed E-state index contributed by atoms with van der Waals surface area (Å²) in [6, 6.07) is 23.8. The van der Waals surface area contributed by atoms with Gasteiger partial charge in [-0.05, 0) is 61.4 Å². The first-order chi connectivity index (χ1) is 20.5. The maximum Gasteiger partial charge on any atom is 0.267 e. The summed E-state index contributed by atoms with van der Waals surface area (Å²) >= 11 is 0. The van der Waals surface area contributed by atoms with E-state index in [9.17, 15) is 19.2 Å². The van der Waals surface area contributed by atoms with Crippen LogP contribution in [0.15, 0.2) is 118 Å². The molecule has 0 aliphatic heterocycles. The molecule has 0 spiro atoms. The quantitative estimate of drug-likeness (QED) is 0.142. The van der Waals surface area contributed by atoms with Gasteiger partial charge in [-0.2, -0.15) is 0 Å². The molecule has 2 aromatic carbocycles. The zero-order valence-electron chi connectivity index (χ0n) is 22.7. The van der Waals surface area contributed by atoms with Gasteiger partial charge in [0.1, 0.15) is 22.9 Å². The Balaban J connectivity index is 1.27. The van der Waals surface area contributed by atoms with Gasteiger partial charge in [0, 0.05) is 36.4 Å². The molecule has 0 atom stereocenters. The van der Waals surface area contributed by atoms with Crippen molar-refractivity contribution < 1.29 is 28.0 Å². The fraction of sp³-hybridized carbons (Fsp3) is 0.125. The zero-order valence-corrected chi connectivity index (χ0v) is 22.7. The van der Waals surface area contributed by atoms with E-state index in [1.54, 1.807) is 84.9 Å². The van der Waals surface area contributed by atoms with Crippen LogP contribution in [0.4, 0.5) is 0 Å². The van der Waals surface area contributed by atoms with Crippen molar-refractivity contribution in [2.24, 2.45) is 0 Å². The van der Waals surface area contributed by atoms with Crippen molar-refractivity contribution in [3.05, 3.63) is 131 Å². The molecule has 4 aromatic rings. The average Bonchev–Trinajstić information content (AvgIpc) is 3.73. The van der Waals surface area contributed by atoms with Crippen LogP contribution in [0.2, 0.25) is 0 Å². The minimum Gasteiger partial charge on any atom is -0.465 e. The predicted octanol–water partition coefficient (Wildman–Crippen LogP) is 4.13. The SMILES string of the molecule is O=C(NCCCCNC(=O)C(=Cc1ccco1)NC(=O)c1ccccc1)C(=Cc1ccco1)NC(=O)c1ccccc1. The van der Waals surface area contributed by atoms with Gasteiger partial charge in [-0.3, -0.25) is 19.2 Å². The third-order valence-electron chi connectivity index (χ3n) is 5.89. The number of carbonyl (C=O) groups excluding carboxylic acids is 4. The summed E-state index contributed by atoms with van der Waals surface area (Å²) in [6.45, 7) is 0.594. The highest BCUT2D eigenvalue weighted by Crippen LogP contribution is 2.09. The molecule has 214 valence electrons. The molecule has 10 heteroatoms. The predicted molar refractivity (Wildman–Crippen MR) is 156 cm³/mol. The second kappa shape index (κ2) is 15.2. The number of hydrogen-bond donors (Lipinski definition) is 4. The van der Waals surface area contributed by atoms with Gasteiger partial charge in [0.2, 0.25) is 0 Å². The van der Waals surface area contributed by atoms with E-state index in [1.807, 2.05) is 0 Å². The summed E-state index contributed by atoms with van der Waals surface area (Å²) < 4.78 is 10.6. The Morgan fingerprint density at radius 1 is 0.548 bits per heavy atom. The van der Waals surface area contributed by atoms with Crippen LogP contribution in [-0.2, 0) is 9.59 Å². The summed E-state index contributed by atoms with van der Waals surface area (Å²) in [6.07, 6.45) is 6.93. The van der Waals surface area contributed by atoms with Crippen molar-refractivity contribution in [1.29, 1.82) is 0 Å². The topological polar surface area (TPSA) is 143 Å². The van der Waals surface area contributed by atoms with E-state index in [4.69, 9.17) is 8.83 Å². The van der Waals surface area contributed by atoms with Crippen molar-refractivity contribution in [1.82, 2.24) is 21.3 Å². The monoisotopic (exact) mass is 566 g/mol. The van der Waals surface area contributed by atoms with E-state index >= 15 is 0 Å². The van der Waals surface area contributed by atoms with Crippen LogP contribution >= 0.6 is 0 Å². The van der Waals surface area contributed by atoms with Crippen LogP contribution in [0.25, 0.3) is 12.2 Å². The lowest BCUT2D eigenvalue weighted by atomic mass is 10.2. The fourth-order valence-electron chi connectivity index (χ4n) is 3.76. The summed E-state index contributed by atoms with van der Waals surface area (Å²) in [7, 11) is 0. The Hall–Kier alpha value is -5.64. The third-order valence-corrected chi connectivity index (χ3v) is 5.89. The third kappa shape index (κ3) is 8.95. The van der Waals surface area contributed by atoms with Crippen LogP contribution in [0.5, 0.6) is 0 Å². The van der Waals surface area contributed by atoms with E-state index in [1.165, 1.54) is 24.7 Å². The molecule has 4 amide bonds. The maximum atomic E-state index is 12.9. The Bertz CT molecular complexity index is 1410. The average molecular weight is 567 g/mol. The number of rotatable bonds is 13. The Morgan fingerprint density at radius 3 is 1.31 bits per heavy atom. The van der Waals surface area contributed by atoms with Crippen LogP contribution in [0.3, 0.4) is 0 Å². The minimum atomic E-state index is -0.480. The first kappa shape index (κ1) is 29.3. The normalized spacial score (nSPS) is 11.4. The van der Waals surface area contributed by atoms with Gasteiger partial charge in [0.15, 0.2) is 0 Å². The zero-order chi connectivity index (χ0) is 29.6. The molecule has 0 bridgehead atoms. The molecular weight excluding hydrogens is 536 g/mol. The van der Waals surface area contributed by atoms with Gasteiger partial charge in [0.05, 0.1) is 12.5 Å². The highest BCUT2D eigenvalue weighted by atomic mass is 16.3. The van der Waals surface area contributed by atoms with Crippen molar-refractivity contribution >= 4 is 35.8 Å². The molecule has 0 unspecified atom stereocenters. The number of benzene rings is 2.